The normalized spacial score (nSPS) is 11.8. The first-order valence-corrected chi connectivity index (χ1v) is 9.83. The lowest BCUT2D eigenvalue weighted by Gasteiger charge is -2.21. The van der Waals surface area contributed by atoms with Crippen molar-refractivity contribution in [2.24, 2.45) is 0 Å². The van der Waals surface area contributed by atoms with E-state index < -0.39 is 11.6 Å². The van der Waals surface area contributed by atoms with Crippen molar-refractivity contribution in [3.8, 4) is 22.6 Å². The van der Waals surface area contributed by atoms with Gasteiger partial charge >= 0.3 is 5.97 Å². The molecule has 0 aromatic heterocycles. The predicted octanol–water partition coefficient (Wildman–Crippen LogP) is 6.08. The minimum Gasteiger partial charge on any atom is -0.490 e. The van der Waals surface area contributed by atoms with Crippen LogP contribution in [0.4, 0.5) is 0 Å². The van der Waals surface area contributed by atoms with Crippen LogP contribution in [0.1, 0.15) is 26.3 Å². The molecule has 0 atom stereocenters. The maximum absolute atomic E-state index is 11.1. The van der Waals surface area contributed by atoms with E-state index >= 15 is 0 Å². The molecule has 4 heteroatoms. The molecule has 0 spiro atoms. The topological polar surface area (TPSA) is 55.8 Å². The van der Waals surface area contributed by atoms with Crippen molar-refractivity contribution < 1.29 is 19.4 Å². The van der Waals surface area contributed by atoms with E-state index in [1.807, 2.05) is 24.3 Å². The fourth-order valence-electron chi connectivity index (χ4n) is 2.88. The third kappa shape index (κ3) is 5.51. The van der Waals surface area contributed by atoms with Crippen molar-refractivity contribution in [1.29, 1.82) is 0 Å². The highest BCUT2D eigenvalue weighted by Gasteiger charge is 2.29. The molecule has 154 valence electrons. The van der Waals surface area contributed by atoms with Crippen LogP contribution in [0.3, 0.4) is 0 Å². The molecule has 0 saturated carbocycles. The van der Waals surface area contributed by atoms with Crippen LogP contribution < -0.4 is 9.47 Å². The Hall–Kier alpha value is -3.53. The Balaban J connectivity index is 1.56. The summed E-state index contributed by atoms with van der Waals surface area (Å²) in [5.41, 5.74) is 3.40. The summed E-state index contributed by atoms with van der Waals surface area (Å²) in [5.74, 6) is 0.166. The highest BCUT2D eigenvalue weighted by molar-refractivity contribution is 5.76. The molecule has 0 amide bonds. The second-order valence-corrected chi connectivity index (χ2v) is 7.53. The van der Waals surface area contributed by atoms with E-state index in [0.717, 1.165) is 11.1 Å². The van der Waals surface area contributed by atoms with Crippen molar-refractivity contribution in [3.63, 3.8) is 0 Å². The Kier molecular flexibility index (Phi) is 6.58. The number of allylic oxidation sites excluding steroid dienone is 1. The molecule has 3 aromatic rings. The highest BCUT2D eigenvalue weighted by Crippen LogP contribution is 2.24. The summed E-state index contributed by atoms with van der Waals surface area (Å²) < 4.78 is 11.3. The fourth-order valence-corrected chi connectivity index (χ4v) is 2.88. The molecule has 30 heavy (non-hydrogen) atoms. The number of hydrogen-bond acceptors (Lipinski definition) is 3. The van der Waals surface area contributed by atoms with E-state index in [-0.39, 0.29) is 0 Å². The van der Waals surface area contributed by atoms with Crippen LogP contribution in [0, 0.1) is 0 Å². The van der Waals surface area contributed by atoms with Gasteiger partial charge in [-0.25, -0.2) is 4.79 Å². The van der Waals surface area contributed by atoms with Gasteiger partial charge in [-0.1, -0.05) is 54.6 Å². The average Bonchev–Trinajstić information content (AvgIpc) is 2.75. The van der Waals surface area contributed by atoms with Gasteiger partial charge in [0.1, 0.15) is 18.1 Å². The van der Waals surface area contributed by atoms with Gasteiger partial charge in [-0.2, -0.15) is 0 Å². The lowest BCUT2D eigenvalue weighted by Crippen LogP contribution is -2.37. The molecule has 0 aliphatic carbocycles. The van der Waals surface area contributed by atoms with E-state index in [1.54, 1.807) is 24.3 Å². The first-order chi connectivity index (χ1) is 14.3. The number of aliphatic carboxylic acids is 1. The molecular formula is C26H26O4. The molecule has 4 nitrogen and oxygen atoms in total. The first-order valence-electron chi connectivity index (χ1n) is 9.83. The lowest BCUT2D eigenvalue weighted by molar-refractivity contribution is -0.152. The molecule has 3 rings (SSSR count). The molecule has 0 unspecified atom stereocenters. The number of carbonyl (C=O) groups is 1. The maximum atomic E-state index is 11.1. The highest BCUT2D eigenvalue weighted by atomic mass is 16.5. The Labute approximate surface area is 177 Å². The zero-order valence-electron chi connectivity index (χ0n) is 17.5. The third-order valence-electron chi connectivity index (χ3n) is 4.80. The summed E-state index contributed by atoms with van der Waals surface area (Å²) >= 11 is 0. The van der Waals surface area contributed by atoms with Crippen molar-refractivity contribution in [2.75, 3.05) is 6.61 Å². The van der Waals surface area contributed by atoms with Gasteiger partial charge in [0.05, 0.1) is 0 Å². The SMILES string of the molecule is C/C(=C/COc1ccc(OC(C)(C)C(=O)O)cc1)c1ccc(-c2ccccc2)cc1. The molecule has 0 fully saturated rings. The number of ether oxygens (including phenoxy) is 2. The van der Waals surface area contributed by atoms with E-state index in [1.165, 1.54) is 25.0 Å². The van der Waals surface area contributed by atoms with Crippen molar-refractivity contribution in [3.05, 3.63) is 90.5 Å². The quantitative estimate of drug-likeness (QED) is 0.496. The summed E-state index contributed by atoms with van der Waals surface area (Å²) in [6.07, 6.45) is 2.04. The van der Waals surface area contributed by atoms with Gasteiger partial charge in [-0.15, -0.1) is 0 Å². The third-order valence-corrected chi connectivity index (χ3v) is 4.80. The minimum absolute atomic E-state index is 0.438. The first kappa shape index (κ1) is 21.2. The number of benzene rings is 3. The van der Waals surface area contributed by atoms with Crippen LogP contribution in [-0.2, 0) is 4.79 Å². The maximum Gasteiger partial charge on any atom is 0.347 e. The second-order valence-electron chi connectivity index (χ2n) is 7.53. The average molecular weight is 402 g/mol. The zero-order chi connectivity index (χ0) is 21.6. The second kappa shape index (κ2) is 9.31. The van der Waals surface area contributed by atoms with Gasteiger partial charge < -0.3 is 14.6 Å². The number of rotatable bonds is 8. The molecule has 0 bridgehead atoms. The standard InChI is InChI=1S/C26H26O4/c1-19(20-9-11-22(12-10-20)21-7-5-4-6-8-21)17-18-29-23-13-15-24(16-14-23)30-26(2,3)25(27)28/h4-17H,18H2,1-3H3,(H,27,28)/b19-17-. The smallest absolute Gasteiger partial charge is 0.347 e. The molecule has 1 N–H and O–H groups in total. The number of carboxylic acids is 1. The molecule has 3 aromatic carbocycles. The van der Waals surface area contributed by atoms with Gasteiger partial charge in [-0.05, 0) is 73.4 Å². The van der Waals surface area contributed by atoms with Gasteiger partial charge in [0, 0.05) is 0 Å². The molecular weight excluding hydrogens is 376 g/mol. The van der Waals surface area contributed by atoms with Crippen LogP contribution in [0.2, 0.25) is 0 Å². The molecule has 0 aliphatic rings. The Morgan fingerprint density at radius 3 is 2.03 bits per heavy atom. The minimum atomic E-state index is -1.28. The molecule has 0 aliphatic heterocycles. The van der Waals surface area contributed by atoms with Crippen molar-refractivity contribution >= 4 is 11.5 Å². The van der Waals surface area contributed by atoms with Crippen LogP contribution in [0.25, 0.3) is 16.7 Å². The van der Waals surface area contributed by atoms with E-state index in [4.69, 9.17) is 14.6 Å². The van der Waals surface area contributed by atoms with Crippen LogP contribution >= 0.6 is 0 Å². The van der Waals surface area contributed by atoms with Gasteiger partial charge in [0.15, 0.2) is 5.60 Å². The van der Waals surface area contributed by atoms with Gasteiger partial charge in [0.2, 0.25) is 0 Å². The van der Waals surface area contributed by atoms with E-state index in [9.17, 15) is 4.79 Å². The Morgan fingerprint density at radius 1 is 0.867 bits per heavy atom. The van der Waals surface area contributed by atoms with Crippen LogP contribution in [-0.4, -0.2) is 23.3 Å². The van der Waals surface area contributed by atoms with Gasteiger partial charge in [0.25, 0.3) is 0 Å². The van der Waals surface area contributed by atoms with Gasteiger partial charge in [-0.3, -0.25) is 0 Å². The molecule has 0 radical (unpaired) electrons. The van der Waals surface area contributed by atoms with Crippen molar-refractivity contribution in [2.45, 2.75) is 26.4 Å². The van der Waals surface area contributed by atoms with E-state index in [2.05, 4.69) is 43.3 Å². The molecule has 0 heterocycles. The summed E-state index contributed by atoms with van der Waals surface area (Å²) in [5, 5.41) is 9.14. The predicted molar refractivity (Wildman–Crippen MR) is 120 cm³/mol. The summed E-state index contributed by atoms with van der Waals surface area (Å²) in [4.78, 5) is 11.1. The molecule has 0 saturated heterocycles. The lowest BCUT2D eigenvalue weighted by atomic mass is 10.0. The number of carboxylic acid groups (broad SMARTS) is 1. The van der Waals surface area contributed by atoms with Crippen LogP contribution in [0.15, 0.2) is 84.9 Å². The van der Waals surface area contributed by atoms with E-state index in [0.29, 0.717) is 18.1 Å². The summed E-state index contributed by atoms with van der Waals surface area (Å²) in [7, 11) is 0. The monoisotopic (exact) mass is 402 g/mol. The largest absolute Gasteiger partial charge is 0.490 e. The Morgan fingerprint density at radius 2 is 1.43 bits per heavy atom. The zero-order valence-corrected chi connectivity index (χ0v) is 17.5. The summed E-state index contributed by atoms with van der Waals surface area (Å²) in [6, 6.07) is 25.7. The number of hydrogen-bond donors (Lipinski definition) is 1. The van der Waals surface area contributed by atoms with Crippen LogP contribution in [0.5, 0.6) is 11.5 Å². The fraction of sp³-hybridized carbons (Fsp3) is 0.192. The Bertz CT molecular complexity index is 1000. The van der Waals surface area contributed by atoms with Crippen molar-refractivity contribution in [1.82, 2.24) is 0 Å². The summed E-state index contributed by atoms with van der Waals surface area (Å²) in [6.45, 7) is 5.53.